The fourth-order valence-electron chi connectivity index (χ4n) is 4.56. The highest BCUT2D eigenvalue weighted by atomic mass is 16.4. The van der Waals surface area contributed by atoms with Crippen molar-refractivity contribution < 1.29 is 14.7 Å². The van der Waals surface area contributed by atoms with Gasteiger partial charge in [-0.1, -0.05) is 32.0 Å². The van der Waals surface area contributed by atoms with Gasteiger partial charge in [0.05, 0.1) is 0 Å². The molecule has 4 nitrogen and oxygen atoms in total. The summed E-state index contributed by atoms with van der Waals surface area (Å²) >= 11 is 0. The van der Waals surface area contributed by atoms with Crippen molar-refractivity contribution in [3.63, 3.8) is 0 Å². The van der Waals surface area contributed by atoms with Gasteiger partial charge in [0.25, 0.3) is 0 Å². The van der Waals surface area contributed by atoms with Crippen LogP contribution in [0.2, 0.25) is 0 Å². The minimum absolute atomic E-state index is 0.113. The average molecular weight is 314 g/mol. The second-order valence-electron chi connectivity index (χ2n) is 7.39. The Morgan fingerprint density at radius 3 is 2.43 bits per heavy atom. The molecule has 3 rings (SSSR count). The van der Waals surface area contributed by atoms with Gasteiger partial charge in [0.1, 0.15) is 0 Å². The van der Waals surface area contributed by atoms with Crippen LogP contribution in [0.25, 0.3) is 0 Å². The van der Waals surface area contributed by atoms with E-state index in [4.69, 9.17) is 0 Å². The first kappa shape index (κ1) is 16.0. The molecule has 0 heterocycles. The molecule has 4 atom stereocenters. The van der Waals surface area contributed by atoms with Crippen LogP contribution in [0, 0.1) is 30.6 Å². The van der Waals surface area contributed by atoms with Gasteiger partial charge in [0.15, 0.2) is 0 Å². The van der Waals surface area contributed by atoms with Crippen LogP contribution < -0.4 is 10.4 Å². The van der Waals surface area contributed by atoms with Crippen molar-refractivity contribution in [1.82, 2.24) is 0 Å². The lowest BCUT2D eigenvalue weighted by atomic mass is 9.78. The monoisotopic (exact) mass is 314 g/mol. The standard InChI is InChI=1S/C19H25NO3/c1-10(2)14-6-4-5-11(3)17(14)20-18(21)15-12-7-8-13(9-12)16(15)19(22)23/h4-6,10,12-13,15-16H,7-9H2,1-3H3,(H,20,21)(H,22,23)/p-1/t12-,13+,15+,16+/m1/s1. The predicted octanol–water partition coefficient (Wildman–Crippen LogP) is 2.47. The summed E-state index contributed by atoms with van der Waals surface area (Å²) in [5.41, 5.74) is 2.94. The summed E-state index contributed by atoms with van der Waals surface area (Å²) in [5.74, 6) is -1.69. The van der Waals surface area contributed by atoms with Crippen LogP contribution in [-0.2, 0) is 9.59 Å². The maximum Gasteiger partial charge on any atom is 0.228 e. The molecule has 2 bridgehead atoms. The average Bonchev–Trinajstić information content (AvgIpc) is 3.09. The molecule has 23 heavy (non-hydrogen) atoms. The predicted molar refractivity (Wildman–Crippen MR) is 86.7 cm³/mol. The minimum Gasteiger partial charge on any atom is -0.550 e. The van der Waals surface area contributed by atoms with E-state index in [2.05, 4.69) is 19.2 Å². The Morgan fingerprint density at radius 1 is 1.17 bits per heavy atom. The number of para-hydroxylation sites is 1. The minimum atomic E-state index is -1.06. The van der Waals surface area contributed by atoms with E-state index in [1.807, 2.05) is 25.1 Å². The van der Waals surface area contributed by atoms with Crippen molar-refractivity contribution in [1.29, 1.82) is 0 Å². The molecule has 1 aromatic rings. The number of aryl methyl sites for hydroxylation is 1. The Kier molecular flexibility index (Phi) is 4.17. The maximum atomic E-state index is 12.8. The number of carbonyl (C=O) groups is 2. The lowest BCUT2D eigenvalue weighted by Crippen LogP contribution is -2.44. The highest BCUT2D eigenvalue weighted by Gasteiger charge is 2.51. The number of carboxylic acids is 1. The molecule has 0 aromatic heterocycles. The fraction of sp³-hybridized carbons (Fsp3) is 0.579. The van der Waals surface area contributed by atoms with Crippen molar-refractivity contribution in [3.8, 4) is 0 Å². The number of amides is 1. The maximum absolute atomic E-state index is 12.8. The van der Waals surface area contributed by atoms with Crippen LogP contribution in [0.3, 0.4) is 0 Å². The van der Waals surface area contributed by atoms with Crippen molar-refractivity contribution in [2.45, 2.75) is 46.0 Å². The summed E-state index contributed by atoms with van der Waals surface area (Å²) in [4.78, 5) is 24.4. The lowest BCUT2D eigenvalue weighted by molar-refractivity contribution is -0.314. The molecular weight excluding hydrogens is 290 g/mol. The summed E-state index contributed by atoms with van der Waals surface area (Å²) in [6.45, 7) is 6.15. The van der Waals surface area contributed by atoms with Gasteiger partial charge < -0.3 is 15.2 Å². The van der Waals surface area contributed by atoms with E-state index in [1.54, 1.807) is 0 Å². The molecule has 2 saturated carbocycles. The molecule has 0 aliphatic heterocycles. The number of aliphatic carboxylic acids is 1. The number of carbonyl (C=O) groups excluding carboxylic acids is 2. The molecule has 2 aliphatic rings. The fourth-order valence-corrected chi connectivity index (χ4v) is 4.56. The van der Waals surface area contributed by atoms with Crippen molar-refractivity contribution in [2.24, 2.45) is 23.7 Å². The molecule has 0 saturated heterocycles. The van der Waals surface area contributed by atoms with Gasteiger partial charge in [-0.2, -0.15) is 0 Å². The van der Waals surface area contributed by atoms with E-state index >= 15 is 0 Å². The normalized spacial score (nSPS) is 29.0. The number of benzene rings is 1. The number of fused-ring (bicyclic) bond motifs is 2. The number of hydrogen-bond acceptors (Lipinski definition) is 3. The Bertz CT molecular complexity index is 638. The number of anilines is 1. The van der Waals surface area contributed by atoms with Crippen LogP contribution >= 0.6 is 0 Å². The second-order valence-corrected chi connectivity index (χ2v) is 7.39. The summed E-state index contributed by atoms with van der Waals surface area (Å²) in [6.07, 6.45) is 2.72. The van der Waals surface area contributed by atoms with Gasteiger partial charge >= 0.3 is 0 Å². The van der Waals surface area contributed by atoms with E-state index in [1.165, 1.54) is 0 Å². The van der Waals surface area contributed by atoms with E-state index in [9.17, 15) is 14.7 Å². The van der Waals surface area contributed by atoms with Crippen LogP contribution in [0.1, 0.15) is 50.2 Å². The van der Waals surface area contributed by atoms with Gasteiger partial charge in [-0.15, -0.1) is 0 Å². The van der Waals surface area contributed by atoms with E-state index < -0.39 is 17.8 Å². The summed E-state index contributed by atoms with van der Waals surface area (Å²) in [7, 11) is 0. The number of carboxylic acid groups (broad SMARTS) is 1. The molecule has 124 valence electrons. The molecule has 0 spiro atoms. The highest BCUT2D eigenvalue weighted by molar-refractivity contribution is 5.97. The van der Waals surface area contributed by atoms with Crippen molar-refractivity contribution in [2.75, 3.05) is 5.32 Å². The molecular formula is C19H24NO3-. The third kappa shape index (κ3) is 2.75. The third-order valence-electron chi connectivity index (χ3n) is 5.67. The Labute approximate surface area is 137 Å². The highest BCUT2D eigenvalue weighted by Crippen LogP contribution is 2.52. The zero-order valence-corrected chi connectivity index (χ0v) is 14.0. The quantitative estimate of drug-likeness (QED) is 0.928. The van der Waals surface area contributed by atoms with Gasteiger partial charge in [-0.05, 0) is 55.1 Å². The third-order valence-corrected chi connectivity index (χ3v) is 5.67. The van der Waals surface area contributed by atoms with Crippen LogP contribution in [-0.4, -0.2) is 11.9 Å². The molecule has 1 N–H and O–H groups in total. The van der Waals surface area contributed by atoms with Crippen LogP contribution in [0.5, 0.6) is 0 Å². The first-order chi connectivity index (χ1) is 10.9. The molecule has 1 aromatic carbocycles. The Balaban J connectivity index is 1.87. The summed E-state index contributed by atoms with van der Waals surface area (Å²) in [6, 6.07) is 5.98. The van der Waals surface area contributed by atoms with E-state index in [-0.39, 0.29) is 17.7 Å². The van der Waals surface area contributed by atoms with Gasteiger partial charge in [0.2, 0.25) is 5.91 Å². The molecule has 1 amide bonds. The number of rotatable bonds is 4. The second kappa shape index (κ2) is 5.99. The Morgan fingerprint density at radius 2 is 1.83 bits per heavy atom. The SMILES string of the molecule is Cc1cccc(C(C)C)c1NC(=O)[C@H]1[C@@H]2CC[C@@H](C2)[C@@H]1C(=O)[O-]. The molecule has 4 heteroatoms. The van der Waals surface area contributed by atoms with Crippen molar-refractivity contribution >= 4 is 17.6 Å². The summed E-state index contributed by atoms with van der Waals surface area (Å²) < 4.78 is 0. The first-order valence-electron chi connectivity index (χ1n) is 8.51. The zero-order chi connectivity index (χ0) is 16.7. The van der Waals surface area contributed by atoms with Gasteiger partial charge in [-0.3, -0.25) is 4.79 Å². The number of hydrogen-bond donors (Lipinski definition) is 1. The number of nitrogens with one attached hydrogen (secondary N) is 1. The van der Waals surface area contributed by atoms with E-state index in [0.717, 1.165) is 36.1 Å². The molecule has 2 aliphatic carbocycles. The summed E-state index contributed by atoms with van der Waals surface area (Å²) in [5, 5.41) is 14.6. The van der Waals surface area contributed by atoms with E-state index in [0.29, 0.717) is 5.92 Å². The topological polar surface area (TPSA) is 69.2 Å². The van der Waals surface area contributed by atoms with Gasteiger partial charge in [-0.25, -0.2) is 0 Å². The Hall–Kier alpha value is -1.84. The van der Waals surface area contributed by atoms with Crippen LogP contribution in [0.4, 0.5) is 5.69 Å². The van der Waals surface area contributed by atoms with Crippen LogP contribution in [0.15, 0.2) is 18.2 Å². The molecule has 0 unspecified atom stereocenters. The van der Waals surface area contributed by atoms with Crippen molar-refractivity contribution in [3.05, 3.63) is 29.3 Å². The molecule has 0 radical (unpaired) electrons. The smallest absolute Gasteiger partial charge is 0.228 e. The lowest BCUT2D eigenvalue weighted by Gasteiger charge is -2.31. The largest absolute Gasteiger partial charge is 0.550 e. The first-order valence-corrected chi connectivity index (χ1v) is 8.51. The zero-order valence-electron chi connectivity index (χ0n) is 14.0. The van der Waals surface area contributed by atoms with Gasteiger partial charge in [0, 0.05) is 23.5 Å². The molecule has 2 fully saturated rings.